The van der Waals surface area contributed by atoms with Crippen molar-refractivity contribution in [2.24, 2.45) is 0 Å². The minimum atomic E-state index is 1.22. The third kappa shape index (κ3) is 7.48. The van der Waals surface area contributed by atoms with E-state index in [9.17, 15) is 0 Å². The van der Waals surface area contributed by atoms with Gasteiger partial charge in [0, 0.05) is 0 Å². The molecule has 52 valence electrons. The molecule has 0 aliphatic carbocycles. The molecule has 0 aliphatic rings. The van der Waals surface area contributed by atoms with Gasteiger partial charge in [-0.05, 0) is 13.3 Å². The van der Waals surface area contributed by atoms with Crippen LogP contribution in [0.25, 0.3) is 0 Å². The van der Waals surface area contributed by atoms with E-state index in [0.29, 0.717) is 0 Å². The first-order chi connectivity index (χ1) is 4.41. The van der Waals surface area contributed by atoms with Crippen LogP contribution in [-0.4, -0.2) is 0 Å². The monoisotopic (exact) mass is 124 g/mol. The second kappa shape index (κ2) is 7.48. The number of hydrogen-bond donors (Lipinski definition) is 0. The lowest BCUT2D eigenvalue weighted by molar-refractivity contribution is 0.815. The Labute approximate surface area is 58.3 Å². The van der Waals surface area contributed by atoms with Gasteiger partial charge in [-0.1, -0.05) is 44.1 Å². The van der Waals surface area contributed by atoms with E-state index in [1.165, 1.54) is 19.3 Å². The van der Waals surface area contributed by atoms with Crippen molar-refractivity contribution in [2.45, 2.75) is 33.1 Å². The molecule has 0 radical (unpaired) electrons. The lowest BCUT2D eigenvalue weighted by Gasteiger charge is -1.84. The molecule has 0 saturated carbocycles. The molecule has 0 aromatic rings. The van der Waals surface area contributed by atoms with Crippen LogP contribution in [0.2, 0.25) is 0 Å². The standard InChI is InChI=1S/C9H16/c1-3-5-7-9-8-6-4-2/h3,5,7,9H,4,6,8H2,1-2H3/b5-3+,9-7?. The maximum atomic E-state index is 2.21. The maximum absolute atomic E-state index is 2.21. The van der Waals surface area contributed by atoms with Crippen LogP contribution in [0.3, 0.4) is 0 Å². The average Bonchev–Trinajstić information content (AvgIpc) is 1.89. The van der Waals surface area contributed by atoms with E-state index in [1.54, 1.807) is 0 Å². The second-order valence-corrected chi connectivity index (χ2v) is 2.10. The second-order valence-electron chi connectivity index (χ2n) is 2.10. The maximum Gasteiger partial charge on any atom is -0.0348 e. The molecule has 0 atom stereocenters. The van der Waals surface area contributed by atoms with Crippen molar-refractivity contribution < 1.29 is 0 Å². The topological polar surface area (TPSA) is 0 Å². The van der Waals surface area contributed by atoms with E-state index in [-0.39, 0.29) is 0 Å². The van der Waals surface area contributed by atoms with Crippen LogP contribution >= 0.6 is 0 Å². The Hall–Kier alpha value is -0.520. The Morgan fingerprint density at radius 3 is 2.56 bits per heavy atom. The summed E-state index contributed by atoms with van der Waals surface area (Å²) in [5, 5.41) is 0. The molecule has 0 fully saturated rings. The molecule has 0 unspecified atom stereocenters. The van der Waals surface area contributed by atoms with Crippen molar-refractivity contribution in [1.29, 1.82) is 0 Å². The smallest absolute Gasteiger partial charge is 0.0348 e. The van der Waals surface area contributed by atoms with E-state index in [2.05, 4.69) is 25.2 Å². The Balaban J connectivity index is 3.04. The highest BCUT2D eigenvalue weighted by Crippen LogP contribution is 1.94. The summed E-state index contributed by atoms with van der Waals surface area (Å²) in [4.78, 5) is 0. The van der Waals surface area contributed by atoms with Crippen LogP contribution in [0.5, 0.6) is 0 Å². The van der Waals surface area contributed by atoms with Crippen LogP contribution in [-0.2, 0) is 0 Å². The first-order valence-corrected chi connectivity index (χ1v) is 3.69. The number of rotatable bonds is 4. The molecule has 0 nitrogen and oxygen atoms in total. The molecule has 0 aromatic carbocycles. The van der Waals surface area contributed by atoms with Crippen molar-refractivity contribution in [1.82, 2.24) is 0 Å². The number of allylic oxidation sites excluding steroid dienone is 4. The van der Waals surface area contributed by atoms with Gasteiger partial charge in [0.2, 0.25) is 0 Å². The number of unbranched alkanes of at least 4 members (excludes halogenated alkanes) is 2. The summed E-state index contributed by atoms with van der Waals surface area (Å²) in [6, 6.07) is 0. The van der Waals surface area contributed by atoms with Crippen LogP contribution in [0, 0.1) is 0 Å². The van der Waals surface area contributed by atoms with Gasteiger partial charge in [0.05, 0.1) is 0 Å². The van der Waals surface area contributed by atoms with Crippen molar-refractivity contribution >= 4 is 0 Å². The zero-order valence-electron chi connectivity index (χ0n) is 6.43. The van der Waals surface area contributed by atoms with Gasteiger partial charge in [0.15, 0.2) is 0 Å². The van der Waals surface area contributed by atoms with Gasteiger partial charge in [-0.2, -0.15) is 0 Å². The third-order valence-corrected chi connectivity index (χ3v) is 1.16. The Morgan fingerprint density at radius 2 is 2.00 bits per heavy atom. The summed E-state index contributed by atoms with van der Waals surface area (Å²) in [5.41, 5.74) is 0. The average molecular weight is 124 g/mol. The number of hydrogen-bond acceptors (Lipinski definition) is 0. The van der Waals surface area contributed by atoms with Crippen molar-refractivity contribution in [2.75, 3.05) is 0 Å². The third-order valence-electron chi connectivity index (χ3n) is 1.16. The highest BCUT2D eigenvalue weighted by atomic mass is 13.8. The van der Waals surface area contributed by atoms with Crippen LogP contribution < -0.4 is 0 Å². The highest BCUT2D eigenvalue weighted by Gasteiger charge is 1.74. The molecule has 0 bridgehead atoms. The van der Waals surface area contributed by atoms with Crippen molar-refractivity contribution in [3.05, 3.63) is 24.3 Å². The fraction of sp³-hybridized carbons (Fsp3) is 0.556. The van der Waals surface area contributed by atoms with Crippen molar-refractivity contribution in [3.8, 4) is 0 Å². The normalized spacial score (nSPS) is 11.8. The summed E-state index contributed by atoms with van der Waals surface area (Å²) in [7, 11) is 0. The molecule has 0 heteroatoms. The summed E-state index contributed by atoms with van der Waals surface area (Å²) in [6.07, 6.45) is 12.3. The molecule has 0 spiro atoms. The summed E-state index contributed by atoms with van der Waals surface area (Å²) in [5.74, 6) is 0. The van der Waals surface area contributed by atoms with Gasteiger partial charge >= 0.3 is 0 Å². The van der Waals surface area contributed by atoms with Gasteiger partial charge < -0.3 is 0 Å². The molecular weight excluding hydrogens is 108 g/mol. The van der Waals surface area contributed by atoms with E-state index in [1.807, 2.05) is 13.0 Å². The Morgan fingerprint density at radius 1 is 1.22 bits per heavy atom. The molecule has 0 saturated heterocycles. The van der Waals surface area contributed by atoms with Crippen LogP contribution in [0.1, 0.15) is 33.1 Å². The van der Waals surface area contributed by atoms with Gasteiger partial charge in [0.1, 0.15) is 0 Å². The zero-order valence-corrected chi connectivity index (χ0v) is 6.43. The highest BCUT2D eigenvalue weighted by molar-refractivity contribution is 5.00. The fourth-order valence-electron chi connectivity index (χ4n) is 0.608. The van der Waals surface area contributed by atoms with Gasteiger partial charge in [-0.3, -0.25) is 0 Å². The first kappa shape index (κ1) is 8.48. The van der Waals surface area contributed by atoms with Crippen LogP contribution in [0.15, 0.2) is 24.3 Å². The zero-order chi connectivity index (χ0) is 6.95. The van der Waals surface area contributed by atoms with Crippen molar-refractivity contribution in [3.63, 3.8) is 0 Å². The van der Waals surface area contributed by atoms with E-state index in [4.69, 9.17) is 0 Å². The summed E-state index contributed by atoms with van der Waals surface area (Å²) in [6.45, 7) is 4.24. The van der Waals surface area contributed by atoms with Crippen LogP contribution in [0.4, 0.5) is 0 Å². The largest absolute Gasteiger partial charge is 0.0877 e. The molecule has 0 aliphatic heterocycles. The first-order valence-electron chi connectivity index (χ1n) is 3.69. The minimum absolute atomic E-state index is 1.22. The molecule has 0 heterocycles. The fourth-order valence-corrected chi connectivity index (χ4v) is 0.608. The molecular formula is C9H16. The summed E-state index contributed by atoms with van der Waals surface area (Å²) < 4.78 is 0. The minimum Gasteiger partial charge on any atom is -0.0877 e. The Kier molecular flexibility index (Phi) is 7.05. The SMILES string of the molecule is C/C=C/C=CCCCC. The molecule has 0 rings (SSSR count). The molecule has 0 N–H and O–H groups in total. The lowest BCUT2D eigenvalue weighted by atomic mass is 10.2. The lowest BCUT2D eigenvalue weighted by Crippen LogP contribution is -1.64. The molecule has 9 heavy (non-hydrogen) atoms. The van der Waals surface area contributed by atoms with Gasteiger partial charge in [-0.25, -0.2) is 0 Å². The predicted molar refractivity (Wildman–Crippen MR) is 43.5 cm³/mol. The van der Waals surface area contributed by atoms with E-state index in [0.717, 1.165) is 0 Å². The summed E-state index contributed by atoms with van der Waals surface area (Å²) >= 11 is 0. The quantitative estimate of drug-likeness (QED) is 0.398. The predicted octanol–water partition coefficient (Wildman–Crippen LogP) is 3.31. The van der Waals surface area contributed by atoms with E-state index >= 15 is 0 Å². The van der Waals surface area contributed by atoms with E-state index < -0.39 is 0 Å². The Bertz CT molecular complexity index is 88.2. The van der Waals surface area contributed by atoms with Gasteiger partial charge in [-0.15, -0.1) is 0 Å². The molecule has 0 amide bonds. The molecule has 0 aromatic heterocycles. The van der Waals surface area contributed by atoms with Gasteiger partial charge in [0.25, 0.3) is 0 Å².